The van der Waals surface area contributed by atoms with E-state index in [4.69, 9.17) is 16.3 Å². The van der Waals surface area contributed by atoms with Crippen molar-refractivity contribution in [3.05, 3.63) is 11.0 Å². The van der Waals surface area contributed by atoms with Gasteiger partial charge >= 0.3 is 6.09 Å². The highest BCUT2D eigenvalue weighted by atomic mass is 35.5. The summed E-state index contributed by atoms with van der Waals surface area (Å²) < 4.78 is 4.73. The number of anilines is 1. The third-order valence-corrected chi connectivity index (χ3v) is 4.75. The maximum atomic E-state index is 11.5. The highest BCUT2D eigenvalue weighted by Crippen LogP contribution is 2.36. The van der Waals surface area contributed by atoms with Crippen LogP contribution in [0.4, 0.5) is 10.6 Å². The zero-order chi connectivity index (χ0) is 14.1. The largest absolute Gasteiger partial charge is 0.453 e. The van der Waals surface area contributed by atoms with Crippen LogP contribution in [0.3, 0.4) is 0 Å². The molecule has 1 aromatic heterocycles. The number of hydrogen-bond acceptors (Lipinski definition) is 6. The Balaban J connectivity index is 1.72. The van der Waals surface area contributed by atoms with Crippen LogP contribution in [0.2, 0.25) is 5.28 Å². The van der Waals surface area contributed by atoms with Gasteiger partial charge in [0.2, 0.25) is 5.28 Å². The number of methoxy groups -OCH3 is 1. The second-order valence-corrected chi connectivity index (χ2v) is 6.20. The van der Waals surface area contributed by atoms with Gasteiger partial charge in [0.15, 0.2) is 0 Å². The van der Waals surface area contributed by atoms with Crippen molar-refractivity contribution in [2.45, 2.75) is 23.8 Å². The molecule has 1 fully saturated rings. The summed E-state index contributed by atoms with van der Waals surface area (Å²) in [6, 6.07) is 0.172. The average Bonchev–Trinajstić information content (AvgIpc) is 3.06. The molecular formula is C12H15ClN4O2S. The zero-order valence-electron chi connectivity index (χ0n) is 11.1. The van der Waals surface area contributed by atoms with E-state index in [0.29, 0.717) is 13.1 Å². The fourth-order valence-electron chi connectivity index (χ4n) is 2.50. The minimum absolute atomic E-state index is 0.172. The van der Waals surface area contributed by atoms with Gasteiger partial charge in [0, 0.05) is 31.3 Å². The van der Waals surface area contributed by atoms with Crippen LogP contribution in [-0.2, 0) is 11.2 Å². The number of hydrogen-bond donors (Lipinski definition) is 1. The van der Waals surface area contributed by atoms with E-state index in [1.165, 1.54) is 7.11 Å². The molecule has 0 radical (unpaired) electrons. The number of nitrogens with one attached hydrogen (secondary N) is 1. The molecule has 20 heavy (non-hydrogen) atoms. The Kier molecular flexibility index (Phi) is 3.89. The number of fused-ring (bicyclic) bond motifs is 1. The van der Waals surface area contributed by atoms with Crippen LogP contribution in [0, 0.1) is 0 Å². The Morgan fingerprint density at radius 1 is 1.55 bits per heavy atom. The lowest BCUT2D eigenvalue weighted by Crippen LogP contribution is -2.31. The molecule has 6 nitrogen and oxygen atoms in total. The summed E-state index contributed by atoms with van der Waals surface area (Å²) in [7, 11) is 1.40. The first-order valence-electron chi connectivity index (χ1n) is 6.46. The van der Waals surface area contributed by atoms with E-state index < -0.39 is 0 Å². The predicted molar refractivity (Wildman–Crippen MR) is 77.5 cm³/mol. The van der Waals surface area contributed by atoms with Crippen LogP contribution in [0.5, 0.6) is 0 Å². The monoisotopic (exact) mass is 314 g/mol. The standard InChI is InChI=1S/C12H15ClN4O2S/c1-19-12(18)17-4-2-7(6-17)14-10-9-8(3-5-20-9)15-11(13)16-10/h7H,2-6H2,1H3,(H,14,15,16). The number of ether oxygens (including phenoxy) is 1. The summed E-state index contributed by atoms with van der Waals surface area (Å²) in [4.78, 5) is 22.8. The van der Waals surface area contributed by atoms with Gasteiger partial charge in [-0.05, 0) is 18.0 Å². The Hall–Kier alpha value is -1.21. The fraction of sp³-hybridized carbons (Fsp3) is 0.583. The van der Waals surface area contributed by atoms with Gasteiger partial charge in [-0.25, -0.2) is 9.78 Å². The second kappa shape index (κ2) is 5.65. The lowest BCUT2D eigenvalue weighted by Gasteiger charge is -2.17. The van der Waals surface area contributed by atoms with Crippen molar-refractivity contribution in [3.63, 3.8) is 0 Å². The summed E-state index contributed by atoms with van der Waals surface area (Å²) in [5.41, 5.74) is 1.01. The summed E-state index contributed by atoms with van der Waals surface area (Å²) >= 11 is 7.71. The quantitative estimate of drug-likeness (QED) is 0.843. The van der Waals surface area contributed by atoms with Gasteiger partial charge in [-0.3, -0.25) is 0 Å². The Morgan fingerprint density at radius 3 is 3.20 bits per heavy atom. The third-order valence-electron chi connectivity index (χ3n) is 3.46. The predicted octanol–water partition coefficient (Wildman–Crippen LogP) is 2.03. The molecule has 1 saturated heterocycles. The number of halogens is 1. The van der Waals surface area contributed by atoms with Crippen LogP contribution < -0.4 is 5.32 Å². The van der Waals surface area contributed by atoms with Crippen LogP contribution in [0.25, 0.3) is 0 Å². The van der Waals surface area contributed by atoms with E-state index in [9.17, 15) is 4.79 Å². The highest BCUT2D eigenvalue weighted by Gasteiger charge is 2.28. The van der Waals surface area contributed by atoms with Crippen LogP contribution in [-0.4, -0.2) is 53.0 Å². The molecule has 0 spiro atoms. The molecule has 1 atom stereocenters. The molecule has 3 rings (SSSR count). The van der Waals surface area contributed by atoms with Crippen molar-refractivity contribution in [1.82, 2.24) is 14.9 Å². The molecule has 2 aliphatic heterocycles. The minimum atomic E-state index is -0.283. The topological polar surface area (TPSA) is 67.3 Å². The summed E-state index contributed by atoms with van der Waals surface area (Å²) in [5.74, 6) is 1.80. The average molecular weight is 315 g/mol. The van der Waals surface area contributed by atoms with E-state index in [0.717, 1.165) is 35.0 Å². The summed E-state index contributed by atoms with van der Waals surface area (Å²) in [5, 5.41) is 3.66. The Bertz CT molecular complexity index is 542. The number of likely N-dealkylation sites (tertiary alicyclic amines) is 1. The van der Waals surface area contributed by atoms with Gasteiger partial charge in [0.25, 0.3) is 0 Å². The number of rotatable bonds is 2. The number of amides is 1. The third kappa shape index (κ3) is 2.64. The van der Waals surface area contributed by atoms with Gasteiger partial charge in [0.05, 0.1) is 17.7 Å². The van der Waals surface area contributed by atoms with E-state index in [1.807, 2.05) is 0 Å². The first kappa shape index (κ1) is 13.8. The maximum Gasteiger partial charge on any atom is 0.409 e. The lowest BCUT2D eigenvalue weighted by atomic mass is 10.2. The van der Waals surface area contributed by atoms with Crippen molar-refractivity contribution in [2.24, 2.45) is 0 Å². The summed E-state index contributed by atoms with van der Waals surface area (Å²) in [6.45, 7) is 1.31. The normalized spacial score (nSPS) is 20.9. The van der Waals surface area contributed by atoms with E-state index in [2.05, 4.69) is 15.3 Å². The molecule has 0 saturated carbocycles. The Labute approximate surface area is 126 Å². The van der Waals surface area contributed by atoms with E-state index in [1.54, 1.807) is 16.7 Å². The number of aryl methyl sites for hydroxylation is 1. The van der Waals surface area contributed by atoms with Gasteiger partial charge in [0.1, 0.15) is 5.82 Å². The highest BCUT2D eigenvalue weighted by molar-refractivity contribution is 7.99. The van der Waals surface area contributed by atoms with Crippen molar-refractivity contribution in [2.75, 3.05) is 31.3 Å². The van der Waals surface area contributed by atoms with E-state index in [-0.39, 0.29) is 17.4 Å². The molecule has 0 aliphatic carbocycles. The van der Waals surface area contributed by atoms with E-state index >= 15 is 0 Å². The van der Waals surface area contributed by atoms with Crippen LogP contribution in [0.15, 0.2) is 4.90 Å². The molecule has 8 heteroatoms. The minimum Gasteiger partial charge on any atom is -0.453 e. The molecular weight excluding hydrogens is 300 g/mol. The van der Waals surface area contributed by atoms with Gasteiger partial charge in [-0.15, -0.1) is 11.8 Å². The number of thioether (sulfide) groups is 1. The number of nitrogens with zero attached hydrogens (tertiary/aromatic N) is 3. The molecule has 0 bridgehead atoms. The maximum absolute atomic E-state index is 11.5. The number of carbonyl (C=O) groups excluding carboxylic acids is 1. The zero-order valence-corrected chi connectivity index (χ0v) is 12.6. The van der Waals surface area contributed by atoms with Crippen LogP contribution >= 0.6 is 23.4 Å². The molecule has 0 aromatic carbocycles. The van der Waals surface area contributed by atoms with Crippen molar-refractivity contribution in [3.8, 4) is 0 Å². The molecule has 1 amide bonds. The molecule has 108 valence electrons. The molecule has 1 unspecified atom stereocenters. The van der Waals surface area contributed by atoms with Gasteiger partial charge in [-0.2, -0.15) is 4.98 Å². The molecule has 1 aromatic rings. The van der Waals surface area contributed by atoms with Crippen molar-refractivity contribution in [1.29, 1.82) is 0 Å². The smallest absolute Gasteiger partial charge is 0.409 e. The number of carbonyl (C=O) groups is 1. The van der Waals surface area contributed by atoms with Crippen molar-refractivity contribution >= 4 is 35.3 Å². The first-order valence-corrected chi connectivity index (χ1v) is 7.82. The SMILES string of the molecule is COC(=O)N1CCC(Nc2nc(Cl)nc3c2SCC3)C1. The second-order valence-electron chi connectivity index (χ2n) is 4.76. The lowest BCUT2D eigenvalue weighted by molar-refractivity contribution is 0.132. The fourth-order valence-corrected chi connectivity index (χ4v) is 3.74. The van der Waals surface area contributed by atoms with Crippen LogP contribution in [0.1, 0.15) is 12.1 Å². The van der Waals surface area contributed by atoms with Gasteiger partial charge in [-0.1, -0.05) is 0 Å². The van der Waals surface area contributed by atoms with Gasteiger partial charge < -0.3 is 15.0 Å². The molecule has 3 heterocycles. The Morgan fingerprint density at radius 2 is 2.40 bits per heavy atom. The summed E-state index contributed by atoms with van der Waals surface area (Å²) in [6.07, 6.45) is 1.51. The molecule has 2 aliphatic rings. The van der Waals surface area contributed by atoms with Crippen molar-refractivity contribution < 1.29 is 9.53 Å². The first-order chi connectivity index (χ1) is 9.67. The molecule has 1 N–H and O–H groups in total. The number of aromatic nitrogens is 2.